The molecule has 2 rings (SSSR count). The minimum absolute atomic E-state index is 0.0685. The first-order chi connectivity index (χ1) is 9.88. The summed E-state index contributed by atoms with van der Waals surface area (Å²) in [5.41, 5.74) is 6.50. The number of amides is 1. The molecule has 0 radical (unpaired) electrons. The van der Waals surface area contributed by atoms with Crippen LogP contribution in [0.2, 0.25) is 0 Å². The highest BCUT2D eigenvalue weighted by Gasteiger charge is 2.19. The van der Waals surface area contributed by atoms with Crippen molar-refractivity contribution in [3.05, 3.63) is 53.0 Å². The van der Waals surface area contributed by atoms with Crippen LogP contribution < -0.4 is 11.1 Å². The Hall–Kier alpha value is -1.86. The lowest BCUT2D eigenvalue weighted by Gasteiger charge is -2.08. The summed E-state index contributed by atoms with van der Waals surface area (Å²) < 4.78 is 24.9. The monoisotopic (exact) mass is 368 g/mol. The van der Waals surface area contributed by atoms with Crippen LogP contribution in [-0.2, 0) is 14.6 Å². The molecule has 0 aliphatic rings. The Morgan fingerprint density at radius 1 is 1.10 bits per heavy atom. The summed E-state index contributed by atoms with van der Waals surface area (Å²) >= 11 is 3.28. The van der Waals surface area contributed by atoms with Crippen LogP contribution in [0.3, 0.4) is 0 Å². The first-order valence-electron chi connectivity index (χ1n) is 6.01. The van der Waals surface area contributed by atoms with Gasteiger partial charge in [0.15, 0.2) is 9.84 Å². The molecule has 0 aliphatic heterocycles. The van der Waals surface area contributed by atoms with Gasteiger partial charge < -0.3 is 11.1 Å². The quantitative estimate of drug-likeness (QED) is 0.811. The molecule has 7 heteroatoms. The molecule has 3 N–H and O–H groups in total. The smallest absolute Gasteiger partial charge is 0.239 e. The van der Waals surface area contributed by atoms with Crippen LogP contribution in [0, 0.1) is 0 Å². The van der Waals surface area contributed by atoms with Crippen LogP contribution >= 0.6 is 15.9 Å². The molecule has 0 fully saturated rings. The van der Waals surface area contributed by atoms with Gasteiger partial charge in [-0.2, -0.15) is 0 Å². The van der Waals surface area contributed by atoms with Gasteiger partial charge in [-0.1, -0.05) is 12.1 Å². The Morgan fingerprint density at radius 2 is 1.71 bits per heavy atom. The molecular weight excluding hydrogens is 356 g/mol. The summed E-state index contributed by atoms with van der Waals surface area (Å²) in [5, 5.41) is 2.56. The lowest BCUT2D eigenvalue weighted by molar-refractivity contribution is -0.113. The summed E-state index contributed by atoms with van der Waals surface area (Å²) in [5.74, 6) is -1.23. The highest BCUT2D eigenvalue weighted by molar-refractivity contribution is 9.10. The number of rotatable bonds is 4. The maximum Gasteiger partial charge on any atom is 0.239 e. The van der Waals surface area contributed by atoms with Gasteiger partial charge in [-0.3, -0.25) is 4.79 Å². The van der Waals surface area contributed by atoms with Gasteiger partial charge in [0, 0.05) is 10.2 Å². The largest absolute Gasteiger partial charge is 0.399 e. The second-order valence-electron chi connectivity index (χ2n) is 4.36. The zero-order chi connectivity index (χ0) is 15.5. The fourth-order valence-electron chi connectivity index (χ4n) is 1.68. The van der Waals surface area contributed by atoms with Crippen molar-refractivity contribution in [3.8, 4) is 0 Å². The van der Waals surface area contributed by atoms with Crippen LogP contribution in [0.25, 0.3) is 0 Å². The van der Waals surface area contributed by atoms with Crippen LogP contribution in [-0.4, -0.2) is 20.1 Å². The third-order valence-corrected chi connectivity index (χ3v) is 5.03. The molecule has 0 spiro atoms. The normalized spacial score (nSPS) is 11.1. The number of carbonyl (C=O) groups is 1. The summed E-state index contributed by atoms with van der Waals surface area (Å²) in [7, 11) is -3.69. The minimum atomic E-state index is -3.69. The SMILES string of the molecule is Nc1ccc(S(=O)(=O)CC(=O)Nc2ccccc2Br)cc1. The highest BCUT2D eigenvalue weighted by Crippen LogP contribution is 2.21. The molecule has 0 heterocycles. The number of para-hydroxylation sites is 1. The van der Waals surface area contributed by atoms with Crippen molar-refractivity contribution in [1.82, 2.24) is 0 Å². The first-order valence-corrected chi connectivity index (χ1v) is 8.46. The van der Waals surface area contributed by atoms with E-state index >= 15 is 0 Å². The molecule has 110 valence electrons. The molecule has 2 aromatic carbocycles. The number of carbonyl (C=O) groups excluding carboxylic acids is 1. The van der Waals surface area contributed by atoms with E-state index in [4.69, 9.17) is 5.73 Å². The van der Waals surface area contributed by atoms with E-state index in [1.807, 2.05) is 0 Å². The second kappa shape index (κ2) is 6.28. The summed E-state index contributed by atoms with van der Waals surface area (Å²) in [4.78, 5) is 12.0. The maximum absolute atomic E-state index is 12.1. The molecule has 0 atom stereocenters. The number of sulfone groups is 1. The van der Waals surface area contributed by atoms with Crippen LogP contribution in [0.5, 0.6) is 0 Å². The van der Waals surface area contributed by atoms with E-state index in [0.29, 0.717) is 15.8 Å². The van der Waals surface area contributed by atoms with Gasteiger partial charge in [0.25, 0.3) is 0 Å². The number of hydrogen-bond acceptors (Lipinski definition) is 4. The zero-order valence-corrected chi connectivity index (χ0v) is 13.3. The third-order valence-electron chi connectivity index (χ3n) is 2.71. The van der Waals surface area contributed by atoms with E-state index in [9.17, 15) is 13.2 Å². The van der Waals surface area contributed by atoms with Crippen molar-refractivity contribution in [2.24, 2.45) is 0 Å². The molecule has 0 saturated carbocycles. The molecule has 0 saturated heterocycles. The van der Waals surface area contributed by atoms with Crippen LogP contribution in [0.15, 0.2) is 57.9 Å². The topological polar surface area (TPSA) is 89.3 Å². The summed E-state index contributed by atoms with van der Waals surface area (Å²) in [6.45, 7) is 0. The third kappa shape index (κ3) is 4.05. The van der Waals surface area contributed by atoms with Gasteiger partial charge in [0.05, 0.1) is 10.6 Å². The Labute approximate surface area is 131 Å². The van der Waals surface area contributed by atoms with E-state index in [0.717, 1.165) is 0 Å². The van der Waals surface area contributed by atoms with Crippen molar-refractivity contribution in [3.63, 3.8) is 0 Å². The zero-order valence-electron chi connectivity index (χ0n) is 10.9. The van der Waals surface area contributed by atoms with Gasteiger partial charge in [0.2, 0.25) is 5.91 Å². The van der Waals surface area contributed by atoms with E-state index in [2.05, 4.69) is 21.2 Å². The van der Waals surface area contributed by atoms with E-state index in [-0.39, 0.29) is 4.90 Å². The predicted octanol–water partition coefficient (Wildman–Crippen LogP) is 2.44. The minimum Gasteiger partial charge on any atom is -0.399 e. The standard InChI is InChI=1S/C14H13BrN2O3S/c15-12-3-1-2-4-13(12)17-14(18)9-21(19,20)11-7-5-10(16)6-8-11/h1-8H,9,16H2,(H,17,18). The van der Waals surface area contributed by atoms with Gasteiger partial charge in [-0.25, -0.2) is 8.42 Å². The fraction of sp³-hybridized carbons (Fsp3) is 0.0714. The Balaban J connectivity index is 2.12. The number of nitrogens with two attached hydrogens (primary N) is 1. The molecule has 21 heavy (non-hydrogen) atoms. The van der Waals surface area contributed by atoms with Crippen LogP contribution in [0.1, 0.15) is 0 Å². The highest BCUT2D eigenvalue weighted by atomic mass is 79.9. The fourth-order valence-corrected chi connectivity index (χ4v) is 3.20. The summed E-state index contributed by atoms with van der Waals surface area (Å²) in [6.07, 6.45) is 0. The van der Waals surface area contributed by atoms with Crippen molar-refractivity contribution in [2.45, 2.75) is 4.90 Å². The van der Waals surface area contributed by atoms with Gasteiger partial charge in [-0.15, -0.1) is 0 Å². The van der Waals surface area contributed by atoms with Crippen LogP contribution in [0.4, 0.5) is 11.4 Å². The lowest BCUT2D eigenvalue weighted by atomic mass is 10.3. The van der Waals surface area contributed by atoms with Gasteiger partial charge >= 0.3 is 0 Å². The number of halogens is 1. The molecule has 1 amide bonds. The molecular formula is C14H13BrN2O3S. The number of nitrogen functional groups attached to an aromatic ring is 1. The van der Waals surface area contributed by atoms with E-state index < -0.39 is 21.5 Å². The average Bonchev–Trinajstić information content (AvgIpc) is 2.41. The van der Waals surface area contributed by atoms with Crippen molar-refractivity contribution >= 4 is 43.0 Å². The van der Waals surface area contributed by atoms with E-state index in [1.54, 1.807) is 24.3 Å². The van der Waals surface area contributed by atoms with Crippen molar-refractivity contribution in [2.75, 3.05) is 16.8 Å². The predicted molar refractivity (Wildman–Crippen MR) is 85.7 cm³/mol. The number of anilines is 2. The molecule has 0 unspecified atom stereocenters. The molecule has 0 aliphatic carbocycles. The Morgan fingerprint density at radius 3 is 2.33 bits per heavy atom. The Kier molecular flexibility index (Phi) is 4.64. The van der Waals surface area contributed by atoms with Crippen molar-refractivity contribution < 1.29 is 13.2 Å². The second-order valence-corrected chi connectivity index (χ2v) is 7.20. The number of nitrogens with one attached hydrogen (secondary N) is 1. The van der Waals surface area contributed by atoms with Gasteiger partial charge in [-0.05, 0) is 52.3 Å². The van der Waals surface area contributed by atoms with E-state index in [1.165, 1.54) is 24.3 Å². The molecule has 0 bridgehead atoms. The first kappa shape index (κ1) is 15.5. The molecule has 5 nitrogen and oxygen atoms in total. The van der Waals surface area contributed by atoms with Crippen molar-refractivity contribution in [1.29, 1.82) is 0 Å². The number of hydrogen-bond donors (Lipinski definition) is 2. The number of benzene rings is 2. The molecule has 0 aromatic heterocycles. The average molecular weight is 369 g/mol. The van der Waals surface area contributed by atoms with Gasteiger partial charge in [0.1, 0.15) is 5.75 Å². The maximum atomic E-state index is 12.1. The molecule has 2 aromatic rings. The lowest BCUT2D eigenvalue weighted by Crippen LogP contribution is -2.23. The Bertz CT molecular complexity index is 758. The summed E-state index contributed by atoms with van der Waals surface area (Å²) in [6, 6.07) is 12.7.